The number of nitrogens with one attached hydrogen (secondary N) is 1. The fourth-order valence-electron chi connectivity index (χ4n) is 2.91. The van der Waals surface area contributed by atoms with Gasteiger partial charge in [0.2, 0.25) is 0 Å². The van der Waals surface area contributed by atoms with E-state index in [2.05, 4.69) is 10.3 Å². The SMILES string of the molecule is Cc1cccc2nc(C(=O)OCC(=O)Nc3ccccc3Sc3ccccc3)cn12. The molecule has 0 atom stereocenters. The number of fused-ring (bicyclic) bond motifs is 1. The van der Waals surface area contributed by atoms with Crippen molar-refractivity contribution in [1.82, 2.24) is 9.38 Å². The third-order valence-corrected chi connectivity index (χ3v) is 5.46. The summed E-state index contributed by atoms with van der Waals surface area (Å²) in [5.74, 6) is -1.05. The predicted octanol–water partition coefficient (Wildman–Crippen LogP) is 4.59. The number of anilines is 1. The van der Waals surface area contributed by atoms with Crippen LogP contribution in [-0.2, 0) is 9.53 Å². The van der Waals surface area contributed by atoms with Gasteiger partial charge in [-0.1, -0.05) is 48.2 Å². The minimum Gasteiger partial charge on any atom is -0.451 e. The third-order valence-electron chi connectivity index (χ3n) is 4.37. The average Bonchev–Trinajstić information content (AvgIpc) is 3.20. The zero-order valence-electron chi connectivity index (χ0n) is 16.2. The molecule has 0 saturated heterocycles. The number of esters is 1. The molecule has 0 aliphatic rings. The fraction of sp³-hybridized carbons (Fsp3) is 0.0870. The lowest BCUT2D eigenvalue weighted by Gasteiger charge is -2.11. The van der Waals surface area contributed by atoms with E-state index in [0.717, 1.165) is 15.5 Å². The molecule has 4 rings (SSSR count). The summed E-state index contributed by atoms with van der Waals surface area (Å²) in [5, 5.41) is 2.81. The summed E-state index contributed by atoms with van der Waals surface area (Å²) >= 11 is 1.55. The minimum absolute atomic E-state index is 0.164. The van der Waals surface area contributed by atoms with Gasteiger partial charge in [0.1, 0.15) is 5.65 Å². The molecule has 0 bridgehead atoms. The molecular formula is C23H19N3O3S. The highest BCUT2D eigenvalue weighted by molar-refractivity contribution is 7.99. The second kappa shape index (κ2) is 8.84. The van der Waals surface area contributed by atoms with Crippen LogP contribution in [0.1, 0.15) is 16.2 Å². The average molecular weight is 417 g/mol. The number of hydrogen-bond acceptors (Lipinski definition) is 5. The number of carbonyl (C=O) groups excluding carboxylic acids is 2. The minimum atomic E-state index is -0.639. The Morgan fingerprint density at radius 1 is 1.00 bits per heavy atom. The second-order valence-corrected chi connectivity index (χ2v) is 7.67. The van der Waals surface area contributed by atoms with Crippen LogP contribution in [0.3, 0.4) is 0 Å². The lowest BCUT2D eigenvalue weighted by molar-refractivity contribution is -0.119. The Morgan fingerprint density at radius 2 is 1.77 bits per heavy atom. The summed E-state index contributed by atoms with van der Waals surface area (Å²) in [4.78, 5) is 30.9. The van der Waals surface area contributed by atoms with E-state index in [1.807, 2.05) is 73.7 Å². The molecule has 0 fully saturated rings. The van der Waals surface area contributed by atoms with E-state index in [9.17, 15) is 9.59 Å². The molecular weight excluding hydrogens is 398 g/mol. The van der Waals surface area contributed by atoms with Gasteiger partial charge in [-0.2, -0.15) is 0 Å². The van der Waals surface area contributed by atoms with Crippen LogP contribution >= 0.6 is 11.8 Å². The Labute approximate surface area is 177 Å². The molecule has 2 heterocycles. The zero-order valence-corrected chi connectivity index (χ0v) is 17.1. The van der Waals surface area contributed by atoms with Crippen molar-refractivity contribution in [2.24, 2.45) is 0 Å². The summed E-state index contributed by atoms with van der Waals surface area (Å²) in [6.07, 6.45) is 1.61. The van der Waals surface area contributed by atoms with Gasteiger partial charge in [0.25, 0.3) is 5.91 Å². The van der Waals surface area contributed by atoms with Crippen LogP contribution in [0.2, 0.25) is 0 Å². The summed E-state index contributed by atoms with van der Waals surface area (Å²) in [6.45, 7) is 1.53. The molecule has 7 heteroatoms. The van der Waals surface area contributed by atoms with Crippen LogP contribution < -0.4 is 5.32 Å². The van der Waals surface area contributed by atoms with Crippen LogP contribution in [-0.4, -0.2) is 27.9 Å². The lowest BCUT2D eigenvalue weighted by atomic mass is 10.3. The lowest BCUT2D eigenvalue weighted by Crippen LogP contribution is -2.21. The van der Waals surface area contributed by atoms with Crippen molar-refractivity contribution in [3.63, 3.8) is 0 Å². The van der Waals surface area contributed by atoms with Gasteiger partial charge in [0.05, 0.1) is 5.69 Å². The van der Waals surface area contributed by atoms with E-state index in [0.29, 0.717) is 11.3 Å². The standard InChI is InChI=1S/C23H19N3O3S/c1-16-8-7-13-21-24-19(14-26(16)21)23(28)29-15-22(27)25-18-11-5-6-12-20(18)30-17-9-3-2-4-10-17/h2-14H,15H2,1H3,(H,25,27). The molecule has 4 aromatic rings. The second-order valence-electron chi connectivity index (χ2n) is 6.56. The summed E-state index contributed by atoms with van der Waals surface area (Å²) in [7, 11) is 0. The molecule has 1 N–H and O–H groups in total. The Kier molecular flexibility index (Phi) is 5.81. The molecule has 0 aliphatic heterocycles. The van der Waals surface area contributed by atoms with Crippen molar-refractivity contribution in [3.05, 3.63) is 90.4 Å². The number of carbonyl (C=O) groups is 2. The van der Waals surface area contributed by atoms with Crippen LogP contribution in [0.5, 0.6) is 0 Å². The van der Waals surface area contributed by atoms with Gasteiger partial charge in [-0.3, -0.25) is 4.79 Å². The first kappa shape index (κ1) is 19.7. The number of amides is 1. The number of nitrogens with zero attached hydrogens (tertiary/aromatic N) is 2. The number of hydrogen-bond donors (Lipinski definition) is 1. The topological polar surface area (TPSA) is 72.7 Å². The van der Waals surface area contributed by atoms with Gasteiger partial charge in [-0.15, -0.1) is 0 Å². The quantitative estimate of drug-likeness (QED) is 0.465. The maximum Gasteiger partial charge on any atom is 0.359 e. The largest absolute Gasteiger partial charge is 0.451 e. The zero-order chi connectivity index (χ0) is 20.9. The molecule has 6 nitrogen and oxygen atoms in total. The van der Waals surface area contributed by atoms with Gasteiger partial charge in [0.15, 0.2) is 12.3 Å². The molecule has 0 spiro atoms. The van der Waals surface area contributed by atoms with Crippen LogP contribution in [0.15, 0.2) is 88.8 Å². The molecule has 2 aromatic heterocycles. The number of pyridine rings is 1. The maximum atomic E-state index is 12.4. The maximum absolute atomic E-state index is 12.4. The molecule has 0 aliphatic carbocycles. The van der Waals surface area contributed by atoms with Gasteiger partial charge in [-0.05, 0) is 43.3 Å². The first-order chi connectivity index (χ1) is 14.6. The van der Waals surface area contributed by atoms with E-state index in [4.69, 9.17) is 4.74 Å². The molecule has 1 amide bonds. The molecule has 0 radical (unpaired) electrons. The Hall–Kier alpha value is -3.58. The fourth-order valence-corrected chi connectivity index (χ4v) is 3.84. The number of aromatic nitrogens is 2. The Bertz CT molecular complexity index is 1200. The highest BCUT2D eigenvalue weighted by atomic mass is 32.2. The molecule has 2 aromatic carbocycles. The highest BCUT2D eigenvalue weighted by Crippen LogP contribution is 2.33. The number of rotatable bonds is 6. The highest BCUT2D eigenvalue weighted by Gasteiger charge is 2.15. The number of para-hydroxylation sites is 1. The predicted molar refractivity (Wildman–Crippen MR) is 116 cm³/mol. The Balaban J connectivity index is 1.39. The van der Waals surface area contributed by atoms with Crippen LogP contribution in [0, 0.1) is 6.92 Å². The van der Waals surface area contributed by atoms with Gasteiger partial charge in [-0.25, -0.2) is 9.78 Å². The van der Waals surface area contributed by atoms with E-state index < -0.39 is 18.5 Å². The van der Waals surface area contributed by atoms with Crippen molar-refractivity contribution < 1.29 is 14.3 Å². The monoisotopic (exact) mass is 417 g/mol. The van der Waals surface area contributed by atoms with E-state index in [1.165, 1.54) is 0 Å². The van der Waals surface area contributed by atoms with E-state index in [-0.39, 0.29) is 5.69 Å². The van der Waals surface area contributed by atoms with Gasteiger partial charge >= 0.3 is 5.97 Å². The normalized spacial score (nSPS) is 10.7. The van der Waals surface area contributed by atoms with E-state index >= 15 is 0 Å². The third kappa shape index (κ3) is 4.52. The van der Waals surface area contributed by atoms with Crippen molar-refractivity contribution >= 4 is 35.0 Å². The van der Waals surface area contributed by atoms with Crippen molar-refractivity contribution in [2.75, 3.05) is 11.9 Å². The van der Waals surface area contributed by atoms with Gasteiger partial charge < -0.3 is 14.5 Å². The van der Waals surface area contributed by atoms with Gasteiger partial charge in [0, 0.05) is 21.7 Å². The van der Waals surface area contributed by atoms with Crippen LogP contribution in [0.4, 0.5) is 5.69 Å². The van der Waals surface area contributed by atoms with Crippen molar-refractivity contribution in [3.8, 4) is 0 Å². The molecule has 0 unspecified atom stereocenters. The molecule has 0 saturated carbocycles. The number of aryl methyl sites for hydroxylation is 1. The number of benzene rings is 2. The molecule has 30 heavy (non-hydrogen) atoms. The van der Waals surface area contributed by atoms with E-state index in [1.54, 1.807) is 28.4 Å². The summed E-state index contributed by atoms with van der Waals surface area (Å²) in [6, 6.07) is 23.0. The van der Waals surface area contributed by atoms with Crippen molar-refractivity contribution in [1.29, 1.82) is 0 Å². The summed E-state index contributed by atoms with van der Waals surface area (Å²) in [5.41, 5.74) is 2.43. The van der Waals surface area contributed by atoms with Crippen molar-refractivity contribution in [2.45, 2.75) is 16.7 Å². The Morgan fingerprint density at radius 3 is 2.57 bits per heavy atom. The first-order valence-electron chi connectivity index (χ1n) is 9.34. The number of ether oxygens (including phenoxy) is 1. The van der Waals surface area contributed by atoms with Crippen LogP contribution in [0.25, 0.3) is 5.65 Å². The molecule has 150 valence electrons. The summed E-state index contributed by atoms with van der Waals surface area (Å²) < 4.78 is 6.96. The number of imidazole rings is 1. The smallest absolute Gasteiger partial charge is 0.359 e. The first-order valence-corrected chi connectivity index (χ1v) is 10.2.